The van der Waals surface area contributed by atoms with Crippen molar-refractivity contribution in [2.75, 3.05) is 0 Å². The molecule has 0 saturated heterocycles. The van der Waals surface area contributed by atoms with Gasteiger partial charge in [0.1, 0.15) is 11.6 Å². The van der Waals surface area contributed by atoms with Gasteiger partial charge in [0.2, 0.25) is 0 Å². The van der Waals surface area contributed by atoms with Crippen molar-refractivity contribution in [3.63, 3.8) is 0 Å². The van der Waals surface area contributed by atoms with Gasteiger partial charge in [-0.05, 0) is 34.1 Å². The summed E-state index contributed by atoms with van der Waals surface area (Å²) in [5.74, 6) is -0.763. The van der Waals surface area contributed by atoms with Crippen LogP contribution in [0.4, 0.5) is 0 Å². The van der Waals surface area contributed by atoms with Crippen molar-refractivity contribution < 1.29 is 14.3 Å². The lowest BCUT2D eigenvalue weighted by Crippen LogP contribution is -2.42. The third kappa shape index (κ3) is 4.36. The van der Waals surface area contributed by atoms with Crippen molar-refractivity contribution in [2.45, 2.75) is 52.7 Å². The Balaban J connectivity index is 2.72. The summed E-state index contributed by atoms with van der Waals surface area (Å²) < 4.78 is 6.81. The van der Waals surface area contributed by atoms with Crippen molar-refractivity contribution in [3.05, 3.63) is 17.5 Å². The average Bonchev–Trinajstić information content (AvgIpc) is 2.68. The standard InChI is InChI=1S/C14H23N3O3/c1-7-11-10(8-17(6)16-11)12(18)15-9(2)13(19)20-14(3,4)5/h8-9H,7H2,1-6H3,(H,15,18)/t9-/m1/s1. The summed E-state index contributed by atoms with van der Waals surface area (Å²) in [5, 5.41) is 6.84. The SMILES string of the molecule is CCc1nn(C)cc1C(=O)N[C@H](C)C(=O)OC(C)(C)C. The van der Waals surface area contributed by atoms with E-state index in [9.17, 15) is 9.59 Å². The second-order valence-corrected chi connectivity index (χ2v) is 5.75. The van der Waals surface area contributed by atoms with E-state index in [1.807, 2.05) is 6.92 Å². The van der Waals surface area contributed by atoms with Crippen LogP contribution in [0.2, 0.25) is 0 Å². The van der Waals surface area contributed by atoms with Crippen LogP contribution in [0.25, 0.3) is 0 Å². The van der Waals surface area contributed by atoms with Crippen LogP contribution in [0.3, 0.4) is 0 Å². The molecule has 0 radical (unpaired) electrons. The summed E-state index contributed by atoms with van der Waals surface area (Å²) in [6.45, 7) is 8.89. The maximum atomic E-state index is 12.1. The van der Waals surface area contributed by atoms with Gasteiger partial charge < -0.3 is 10.1 Å². The largest absolute Gasteiger partial charge is 0.458 e. The molecular formula is C14H23N3O3. The number of nitrogens with one attached hydrogen (secondary N) is 1. The van der Waals surface area contributed by atoms with Crippen molar-refractivity contribution >= 4 is 11.9 Å². The summed E-state index contributed by atoms with van der Waals surface area (Å²) in [7, 11) is 1.76. The van der Waals surface area contributed by atoms with Gasteiger partial charge in [-0.15, -0.1) is 0 Å². The number of hydrogen-bond donors (Lipinski definition) is 1. The topological polar surface area (TPSA) is 73.2 Å². The Labute approximate surface area is 119 Å². The van der Waals surface area contributed by atoms with Crippen LogP contribution in [0.5, 0.6) is 0 Å². The fourth-order valence-corrected chi connectivity index (χ4v) is 1.71. The van der Waals surface area contributed by atoms with E-state index in [0.717, 1.165) is 0 Å². The summed E-state index contributed by atoms with van der Waals surface area (Å²) in [4.78, 5) is 24.0. The van der Waals surface area contributed by atoms with Gasteiger partial charge in [-0.1, -0.05) is 6.92 Å². The molecule has 6 heteroatoms. The van der Waals surface area contributed by atoms with Crippen LogP contribution in [-0.4, -0.2) is 33.3 Å². The number of carbonyl (C=O) groups excluding carboxylic acids is 2. The summed E-state index contributed by atoms with van der Waals surface area (Å²) in [5.41, 5.74) is 0.630. The predicted molar refractivity (Wildman–Crippen MR) is 75.4 cm³/mol. The van der Waals surface area contributed by atoms with Crippen LogP contribution >= 0.6 is 0 Å². The van der Waals surface area contributed by atoms with E-state index in [-0.39, 0.29) is 5.91 Å². The smallest absolute Gasteiger partial charge is 0.328 e. The Morgan fingerprint density at radius 1 is 1.45 bits per heavy atom. The fraction of sp³-hybridized carbons (Fsp3) is 0.643. The van der Waals surface area contributed by atoms with Gasteiger partial charge >= 0.3 is 5.97 Å². The van der Waals surface area contributed by atoms with Crippen molar-refractivity contribution in [1.29, 1.82) is 0 Å². The lowest BCUT2D eigenvalue weighted by Gasteiger charge is -2.22. The Morgan fingerprint density at radius 2 is 2.05 bits per heavy atom. The van der Waals surface area contributed by atoms with Crippen molar-refractivity contribution in [2.24, 2.45) is 7.05 Å². The fourth-order valence-electron chi connectivity index (χ4n) is 1.71. The summed E-state index contributed by atoms with van der Waals surface area (Å²) in [6, 6.07) is -0.702. The lowest BCUT2D eigenvalue weighted by atomic mass is 10.1. The molecule has 0 aromatic carbocycles. The summed E-state index contributed by atoms with van der Waals surface area (Å²) >= 11 is 0. The molecule has 0 aliphatic rings. The number of nitrogens with zero attached hydrogens (tertiary/aromatic N) is 2. The number of ether oxygens (including phenoxy) is 1. The third-order valence-electron chi connectivity index (χ3n) is 2.59. The zero-order valence-electron chi connectivity index (χ0n) is 13.0. The summed E-state index contributed by atoms with van der Waals surface area (Å²) in [6.07, 6.45) is 2.31. The average molecular weight is 281 g/mol. The molecule has 0 fully saturated rings. The van der Waals surface area contributed by atoms with Gasteiger partial charge in [-0.3, -0.25) is 9.48 Å². The van der Waals surface area contributed by atoms with Gasteiger partial charge in [0.15, 0.2) is 0 Å². The molecule has 1 rings (SSSR count). The minimum atomic E-state index is -0.702. The highest BCUT2D eigenvalue weighted by atomic mass is 16.6. The molecule has 6 nitrogen and oxygen atoms in total. The van der Waals surface area contributed by atoms with E-state index >= 15 is 0 Å². The zero-order chi connectivity index (χ0) is 15.5. The van der Waals surface area contributed by atoms with E-state index in [2.05, 4.69) is 10.4 Å². The van der Waals surface area contributed by atoms with E-state index in [4.69, 9.17) is 4.74 Å². The first-order valence-electron chi connectivity index (χ1n) is 6.70. The van der Waals surface area contributed by atoms with E-state index in [1.54, 1.807) is 45.6 Å². The monoisotopic (exact) mass is 281 g/mol. The first-order valence-corrected chi connectivity index (χ1v) is 6.70. The minimum absolute atomic E-state index is 0.312. The Morgan fingerprint density at radius 3 is 2.55 bits per heavy atom. The number of carbonyl (C=O) groups is 2. The first-order chi connectivity index (χ1) is 9.14. The highest BCUT2D eigenvalue weighted by Gasteiger charge is 2.24. The Hall–Kier alpha value is -1.85. The van der Waals surface area contributed by atoms with Gasteiger partial charge in [-0.25, -0.2) is 4.79 Å². The lowest BCUT2D eigenvalue weighted by molar-refractivity contribution is -0.156. The molecule has 1 N–H and O–H groups in total. The minimum Gasteiger partial charge on any atom is -0.458 e. The van der Waals surface area contributed by atoms with Gasteiger partial charge in [0, 0.05) is 13.2 Å². The molecule has 1 atom stereocenters. The number of hydrogen-bond acceptors (Lipinski definition) is 4. The van der Waals surface area contributed by atoms with Gasteiger partial charge in [0.25, 0.3) is 5.91 Å². The molecule has 0 aliphatic carbocycles. The molecule has 20 heavy (non-hydrogen) atoms. The maximum Gasteiger partial charge on any atom is 0.328 e. The first kappa shape index (κ1) is 16.2. The molecule has 1 aromatic heterocycles. The molecule has 0 unspecified atom stereocenters. The second kappa shape index (κ2) is 6.07. The molecule has 1 aromatic rings. The quantitative estimate of drug-likeness (QED) is 0.848. The molecule has 0 bridgehead atoms. The van der Waals surface area contributed by atoms with Crippen molar-refractivity contribution in [3.8, 4) is 0 Å². The number of amides is 1. The normalized spacial score (nSPS) is 12.9. The van der Waals surface area contributed by atoms with Gasteiger partial charge in [0.05, 0.1) is 11.3 Å². The number of aryl methyl sites for hydroxylation is 2. The second-order valence-electron chi connectivity index (χ2n) is 5.75. The van der Waals surface area contributed by atoms with E-state index in [0.29, 0.717) is 17.7 Å². The number of rotatable bonds is 4. The number of aromatic nitrogens is 2. The van der Waals surface area contributed by atoms with Crippen LogP contribution in [0, 0.1) is 0 Å². The molecular weight excluding hydrogens is 258 g/mol. The molecule has 1 heterocycles. The maximum absolute atomic E-state index is 12.1. The van der Waals surface area contributed by atoms with Crippen molar-refractivity contribution in [1.82, 2.24) is 15.1 Å². The zero-order valence-corrected chi connectivity index (χ0v) is 13.0. The Kier molecular flexibility index (Phi) is 4.92. The van der Waals surface area contributed by atoms with Crippen LogP contribution in [0.1, 0.15) is 50.7 Å². The predicted octanol–water partition coefficient (Wildman–Crippen LogP) is 1.44. The van der Waals surface area contributed by atoms with E-state index < -0.39 is 17.6 Å². The third-order valence-corrected chi connectivity index (χ3v) is 2.59. The van der Waals surface area contributed by atoms with Crippen LogP contribution in [0.15, 0.2) is 6.20 Å². The highest BCUT2D eigenvalue weighted by Crippen LogP contribution is 2.10. The molecule has 0 saturated carbocycles. The van der Waals surface area contributed by atoms with Crippen LogP contribution < -0.4 is 5.32 Å². The Bertz CT molecular complexity index is 500. The van der Waals surface area contributed by atoms with E-state index in [1.165, 1.54) is 0 Å². The number of esters is 1. The highest BCUT2D eigenvalue weighted by molar-refractivity contribution is 5.97. The molecule has 0 aliphatic heterocycles. The molecule has 1 amide bonds. The van der Waals surface area contributed by atoms with Crippen LogP contribution in [-0.2, 0) is 23.0 Å². The van der Waals surface area contributed by atoms with Gasteiger partial charge in [-0.2, -0.15) is 5.10 Å². The molecule has 0 spiro atoms. The molecule has 112 valence electrons.